The number of carbonyl (C=O) groups is 4. The van der Waals surface area contributed by atoms with E-state index in [1.807, 2.05) is 0 Å². The number of aliphatic hydroxyl groups is 1. The lowest BCUT2D eigenvalue weighted by molar-refractivity contribution is -0.122. The van der Waals surface area contributed by atoms with Gasteiger partial charge in [0.25, 0.3) is 0 Å². The number of nitrogens with one attached hydrogen (secondary N) is 6. The van der Waals surface area contributed by atoms with E-state index in [0.29, 0.717) is 84.5 Å². The second-order valence-electron chi connectivity index (χ2n) is 9.56. The number of hydrogen-bond donors (Lipinski definition) is 7. The summed E-state index contributed by atoms with van der Waals surface area (Å²) in [5.74, 6) is -0.131. The number of amides is 4. The Bertz CT molecular complexity index is 694. The van der Waals surface area contributed by atoms with E-state index in [-0.39, 0.29) is 23.6 Å². The lowest BCUT2D eigenvalue weighted by Crippen LogP contribution is -2.43. The largest absolute Gasteiger partial charge is 0.379 e. The third-order valence-electron chi connectivity index (χ3n) is 6.73. The van der Waals surface area contributed by atoms with Crippen molar-refractivity contribution in [2.75, 3.05) is 107 Å². The molecule has 0 aliphatic carbocycles. The highest BCUT2D eigenvalue weighted by molar-refractivity contribution is 5.76. The fourth-order valence-electron chi connectivity index (χ4n) is 3.88. The summed E-state index contributed by atoms with van der Waals surface area (Å²) in [5.41, 5.74) is 0. The van der Waals surface area contributed by atoms with Crippen LogP contribution in [-0.4, -0.2) is 157 Å². The third kappa shape index (κ3) is 20.5. The van der Waals surface area contributed by atoms with E-state index in [4.69, 9.17) is 0 Å². The molecule has 7 N–H and O–H groups in total. The Balaban J connectivity index is 4.89. The average Bonchev–Trinajstić information content (AvgIpc) is 2.98. The summed E-state index contributed by atoms with van der Waals surface area (Å²) < 4.78 is 0. The highest BCUT2D eigenvalue weighted by Gasteiger charge is 2.14. The van der Waals surface area contributed by atoms with Crippen molar-refractivity contribution in [1.29, 1.82) is 0 Å². The first kappa shape index (κ1) is 37.6. The molecule has 0 spiro atoms. The van der Waals surface area contributed by atoms with E-state index in [9.17, 15) is 24.3 Å². The van der Waals surface area contributed by atoms with Crippen LogP contribution < -0.4 is 31.9 Å². The molecule has 0 rings (SSSR count). The van der Waals surface area contributed by atoms with Crippen LogP contribution in [0.15, 0.2) is 0 Å². The molecule has 4 amide bonds. The number of aliphatic hydroxyl groups excluding tert-OH is 1. The van der Waals surface area contributed by atoms with Crippen LogP contribution in [0.1, 0.15) is 32.1 Å². The average molecular weight is 574 g/mol. The van der Waals surface area contributed by atoms with Gasteiger partial charge in [-0.25, -0.2) is 0 Å². The van der Waals surface area contributed by atoms with Gasteiger partial charge in [0, 0.05) is 126 Å². The molecule has 0 aromatic rings. The van der Waals surface area contributed by atoms with Gasteiger partial charge < -0.3 is 46.4 Å². The number of hydrogen-bond acceptors (Lipinski definition) is 10. The molecule has 0 aromatic heterocycles. The van der Waals surface area contributed by atoms with Gasteiger partial charge in [0.1, 0.15) is 6.23 Å². The van der Waals surface area contributed by atoms with Crippen LogP contribution in [0, 0.1) is 0 Å². The van der Waals surface area contributed by atoms with Crippen LogP contribution in [-0.2, 0) is 19.2 Å². The number of nitrogens with zero attached hydrogens (tertiary/aromatic N) is 3. The fourth-order valence-corrected chi connectivity index (χ4v) is 3.88. The minimum absolute atomic E-state index is 0.0152. The van der Waals surface area contributed by atoms with Crippen LogP contribution in [0.4, 0.5) is 0 Å². The molecule has 14 heteroatoms. The van der Waals surface area contributed by atoms with Gasteiger partial charge in [-0.1, -0.05) is 0 Å². The van der Waals surface area contributed by atoms with Gasteiger partial charge in [0.15, 0.2) is 0 Å². The lowest BCUT2D eigenvalue weighted by atomic mass is 10.3. The Kier molecular flexibility index (Phi) is 23.0. The maximum absolute atomic E-state index is 11.9. The molecular weight excluding hydrogens is 518 g/mol. The second-order valence-corrected chi connectivity index (χ2v) is 9.56. The summed E-state index contributed by atoms with van der Waals surface area (Å²) in [7, 11) is 8.17. The molecule has 0 radical (unpaired) electrons. The topological polar surface area (TPSA) is 170 Å². The van der Waals surface area contributed by atoms with Crippen molar-refractivity contribution in [3.05, 3.63) is 0 Å². The van der Waals surface area contributed by atoms with Gasteiger partial charge in [-0.15, -0.1) is 0 Å². The molecular formula is C26H55N9O5. The standard InChI is InChI=1S/C26H55N9O5/c1-27-22(36)6-13-33(14-7-23(37)28-2)18-11-32-12-19-35(17-10-26(40)31-5)21-20-34(15-8-24(38)29-3)16-9-25(39)30-4/h22,27,32,36H,6-21H2,1-5H3,(H,28,37)(H,29,38)(H,30,39)(H,31,40). The molecule has 0 aromatic carbocycles. The van der Waals surface area contributed by atoms with E-state index in [0.717, 1.165) is 19.6 Å². The molecule has 234 valence electrons. The normalized spacial score (nSPS) is 12.0. The highest BCUT2D eigenvalue weighted by Crippen LogP contribution is 2.00. The monoisotopic (exact) mass is 573 g/mol. The summed E-state index contributed by atoms with van der Waals surface area (Å²) >= 11 is 0. The molecule has 14 nitrogen and oxygen atoms in total. The summed E-state index contributed by atoms with van der Waals surface area (Å²) in [6, 6.07) is 0. The Morgan fingerprint density at radius 1 is 0.525 bits per heavy atom. The first-order chi connectivity index (χ1) is 19.2. The number of carbonyl (C=O) groups excluding carboxylic acids is 4. The van der Waals surface area contributed by atoms with E-state index < -0.39 is 6.23 Å². The molecule has 0 fully saturated rings. The zero-order valence-corrected chi connectivity index (χ0v) is 25.3. The van der Waals surface area contributed by atoms with Crippen LogP contribution in [0.2, 0.25) is 0 Å². The Morgan fingerprint density at radius 2 is 0.850 bits per heavy atom. The Morgan fingerprint density at radius 3 is 1.18 bits per heavy atom. The minimum Gasteiger partial charge on any atom is -0.379 e. The van der Waals surface area contributed by atoms with Gasteiger partial charge in [0.2, 0.25) is 23.6 Å². The predicted octanol–water partition coefficient (Wildman–Crippen LogP) is -3.05. The van der Waals surface area contributed by atoms with Crippen LogP contribution >= 0.6 is 0 Å². The summed E-state index contributed by atoms with van der Waals surface area (Å²) in [6.07, 6.45) is 1.46. The van der Waals surface area contributed by atoms with Crippen LogP contribution in [0.25, 0.3) is 0 Å². The van der Waals surface area contributed by atoms with Crippen LogP contribution in [0.3, 0.4) is 0 Å². The summed E-state index contributed by atoms with van der Waals surface area (Å²) in [6.45, 7) is 7.23. The van der Waals surface area contributed by atoms with Crippen molar-refractivity contribution < 1.29 is 24.3 Å². The Labute approximate surface area is 240 Å². The first-order valence-electron chi connectivity index (χ1n) is 14.2. The summed E-state index contributed by atoms with van der Waals surface area (Å²) in [5, 5.41) is 26.7. The van der Waals surface area contributed by atoms with E-state index in [1.54, 1.807) is 35.2 Å². The quantitative estimate of drug-likeness (QED) is 0.0440. The molecule has 0 aliphatic rings. The molecule has 1 atom stereocenters. The van der Waals surface area contributed by atoms with Gasteiger partial charge in [-0.2, -0.15) is 0 Å². The maximum Gasteiger partial charge on any atom is 0.221 e. The molecule has 40 heavy (non-hydrogen) atoms. The van der Waals surface area contributed by atoms with Crippen molar-refractivity contribution in [3.63, 3.8) is 0 Å². The van der Waals surface area contributed by atoms with E-state index in [2.05, 4.69) is 46.6 Å². The maximum atomic E-state index is 11.9. The lowest BCUT2D eigenvalue weighted by Gasteiger charge is -2.28. The fraction of sp³-hybridized carbons (Fsp3) is 0.846. The second kappa shape index (κ2) is 24.4. The van der Waals surface area contributed by atoms with Gasteiger partial charge in [0.05, 0.1) is 0 Å². The molecule has 0 saturated heterocycles. The molecule has 0 heterocycles. The van der Waals surface area contributed by atoms with Gasteiger partial charge in [-0.05, 0) is 13.5 Å². The molecule has 0 saturated carbocycles. The third-order valence-corrected chi connectivity index (χ3v) is 6.73. The SMILES string of the molecule is CNC(=O)CCN(CCNCCN(CCC(=O)NC)CCN(CCC(=O)NC)CCC(=O)NC)CCC(O)NC. The number of rotatable bonds is 25. The smallest absolute Gasteiger partial charge is 0.221 e. The van der Waals surface area contributed by atoms with Gasteiger partial charge >= 0.3 is 0 Å². The molecule has 0 aliphatic heterocycles. The molecule has 0 bridgehead atoms. The van der Waals surface area contributed by atoms with Gasteiger partial charge in [-0.3, -0.25) is 24.5 Å². The van der Waals surface area contributed by atoms with E-state index in [1.165, 1.54) is 0 Å². The van der Waals surface area contributed by atoms with Crippen molar-refractivity contribution in [1.82, 2.24) is 46.6 Å². The van der Waals surface area contributed by atoms with Crippen molar-refractivity contribution in [2.24, 2.45) is 0 Å². The van der Waals surface area contributed by atoms with E-state index >= 15 is 0 Å². The highest BCUT2D eigenvalue weighted by atomic mass is 16.3. The Hall–Kier alpha value is -2.36. The van der Waals surface area contributed by atoms with Crippen molar-refractivity contribution in [3.8, 4) is 0 Å². The van der Waals surface area contributed by atoms with Crippen LogP contribution in [0.5, 0.6) is 0 Å². The summed E-state index contributed by atoms with van der Waals surface area (Å²) in [4.78, 5) is 53.6. The van der Waals surface area contributed by atoms with Crippen molar-refractivity contribution >= 4 is 23.6 Å². The zero-order valence-electron chi connectivity index (χ0n) is 25.3. The zero-order chi connectivity index (χ0) is 30.2. The molecule has 1 unspecified atom stereocenters. The minimum atomic E-state index is -0.586. The predicted molar refractivity (Wildman–Crippen MR) is 157 cm³/mol. The first-order valence-corrected chi connectivity index (χ1v) is 14.2. The van der Waals surface area contributed by atoms with Crippen molar-refractivity contribution in [2.45, 2.75) is 38.3 Å².